The van der Waals surface area contributed by atoms with Gasteiger partial charge in [-0.3, -0.25) is 4.79 Å². The van der Waals surface area contributed by atoms with Gasteiger partial charge in [-0.25, -0.2) is 0 Å². The molecule has 2 nitrogen and oxygen atoms in total. The first kappa shape index (κ1) is 17.4. The molecule has 126 valence electrons. The molecule has 0 aliphatic rings. The zero-order valence-corrected chi connectivity index (χ0v) is 15.9. The van der Waals surface area contributed by atoms with Crippen molar-refractivity contribution in [3.63, 3.8) is 0 Å². The van der Waals surface area contributed by atoms with Crippen molar-refractivity contribution in [2.75, 3.05) is 5.32 Å². The molecule has 0 atom stereocenters. The first-order chi connectivity index (χ1) is 12.0. The quantitative estimate of drug-likeness (QED) is 0.585. The van der Waals surface area contributed by atoms with E-state index in [0.717, 1.165) is 21.3 Å². The van der Waals surface area contributed by atoms with E-state index in [-0.39, 0.29) is 5.91 Å². The van der Waals surface area contributed by atoms with E-state index in [1.165, 1.54) is 16.7 Å². The summed E-state index contributed by atoms with van der Waals surface area (Å²) in [6.07, 6.45) is 0.367. The third kappa shape index (κ3) is 4.58. The van der Waals surface area contributed by atoms with Crippen LogP contribution >= 0.6 is 15.9 Å². The number of nitrogens with one attached hydrogen (secondary N) is 1. The highest BCUT2D eigenvalue weighted by Gasteiger charge is 2.06. The number of benzene rings is 3. The number of rotatable bonds is 4. The second-order valence-corrected chi connectivity index (χ2v) is 7.16. The molecule has 1 amide bonds. The second kappa shape index (κ2) is 7.66. The standard InChI is InChI=1S/C22H20BrNO/c1-15-3-12-21(16(2)13-15)18-6-10-20(11-7-18)24-22(25)14-17-4-8-19(23)9-5-17/h3-13H,14H2,1-2H3,(H,24,25). The number of amides is 1. The lowest BCUT2D eigenvalue weighted by molar-refractivity contribution is -0.115. The minimum absolute atomic E-state index is 0.0124. The lowest BCUT2D eigenvalue weighted by atomic mass is 9.98. The van der Waals surface area contributed by atoms with Crippen LogP contribution in [0.4, 0.5) is 5.69 Å². The summed E-state index contributed by atoms with van der Waals surface area (Å²) >= 11 is 3.40. The van der Waals surface area contributed by atoms with E-state index < -0.39 is 0 Å². The molecule has 0 fully saturated rings. The minimum Gasteiger partial charge on any atom is -0.326 e. The molecule has 0 spiro atoms. The van der Waals surface area contributed by atoms with Gasteiger partial charge >= 0.3 is 0 Å². The van der Waals surface area contributed by atoms with Gasteiger partial charge in [-0.1, -0.05) is 64.0 Å². The number of aryl methyl sites for hydroxylation is 2. The molecule has 1 N–H and O–H groups in total. The molecule has 3 rings (SSSR count). The average Bonchev–Trinajstić information content (AvgIpc) is 2.58. The molecule has 0 saturated carbocycles. The zero-order valence-electron chi connectivity index (χ0n) is 14.3. The van der Waals surface area contributed by atoms with Gasteiger partial charge in [0.1, 0.15) is 0 Å². The Balaban J connectivity index is 1.68. The van der Waals surface area contributed by atoms with Gasteiger partial charge < -0.3 is 5.32 Å². The topological polar surface area (TPSA) is 29.1 Å². The Kier molecular flexibility index (Phi) is 5.34. The van der Waals surface area contributed by atoms with E-state index in [9.17, 15) is 4.79 Å². The minimum atomic E-state index is -0.0124. The van der Waals surface area contributed by atoms with Gasteiger partial charge in [0.05, 0.1) is 6.42 Å². The lowest BCUT2D eigenvalue weighted by Crippen LogP contribution is -2.14. The predicted molar refractivity (Wildman–Crippen MR) is 108 cm³/mol. The van der Waals surface area contributed by atoms with E-state index >= 15 is 0 Å². The summed E-state index contributed by atoms with van der Waals surface area (Å²) in [4.78, 5) is 12.2. The molecule has 3 aromatic carbocycles. The number of halogens is 1. The van der Waals surface area contributed by atoms with Crippen LogP contribution in [0.1, 0.15) is 16.7 Å². The van der Waals surface area contributed by atoms with Crippen molar-refractivity contribution in [2.45, 2.75) is 20.3 Å². The van der Waals surface area contributed by atoms with Gasteiger partial charge in [0.2, 0.25) is 5.91 Å². The van der Waals surface area contributed by atoms with Crippen LogP contribution in [0.2, 0.25) is 0 Å². The largest absolute Gasteiger partial charge is 0.326 e. The second-order valence-electron chi connectivity index (χ2n) is 6.25. The van der Waals surface area contributed by atoms with E-state index in [1.54, 1.807) is 0 Å². The Morgan fingerprint density at radius 3 is 2.24 bits per heavy atom. The molecule has 0 bridgehead atoms. The SMILES string of the molecule is Cc1ccc(-c2ccc(NC(=O)Cc3ccc(Br)cc3)cc2)c(C)c1. The summed E-state index contributed by atoms with van der Waals surface area (Å²) in [5.74, 6) is -0.0124. The molecule has 0 aromatic heterocycles. The summed E-state index contributed by atoms with van der Waals surface area (Å²) in [6, 6.07) is 22.2. The van der Waals surface area contributed by atoms with Crippen LogP contribution < -0.4 is 5.32 Å². The molecule has 3 heteroatoms. The highest BCUT2D eigenvalue weighted by Crippen LogP contribution is 2.25. The van der Waals surface area contributed by atoms with Gasteiger partial charge in [0.15, 0.2) is 0 Å². The molecule has 3 aromatic rings. The molecule has 0 saturated heterocycles. The number of hydrogen-bond donors (Lipinski definition) is 1. The van der Waals surface area contributed by atoms with Crippen molar-refractivity contribution in [3.8, 4) is 11.1 Å². The van der Waals surface area contributed by atoms with Gasteiger partial charge in [-0.15, -0.1) is 0 Å². The lowest BCUT2D eigenvalue weighted by Gasteiger charge is -2.09. The van der Waals surface area contributed by atoms with Crippen LogP contribution in [0.15, 0.2) is 71.2 Å². The molecule has 0 radical (unpaired) electrons. The fraction of sp³-hybridized carbons (Fsp3) is 0.136. The predicted octanol–water partition coefficient (Wildman–Crippen LogP) is 5.91. The maximum Gasteiger partial charge on any atom is 0.228 e. The summed E-state index contributed by atoms with van der Waals surface area (Å²) in [5.41, 5.74) is 6.70. The summed E-state index contributed by atoms with van der Waals surface area (Å²) in [6.45, 7) is 4.22. The molecule has 0 heterocycles. The molecule has 0 unspecified atom stereocenters. The van der Waals surface area contributed by atoms with Crippen LogP contribution in [0.5, 0.6) is 0 Å². The Labute approximate surface area is 157 Å². The molecular weight excluding hydrogens is 374 g/mol. The van der Waals surface area contributed by atoms with Crippen LogP contribution in [0, 0.1) is 13.8 Å². The third-order valence-corrected chi connectivity index (χ3v) is 4.67. The van der Waals surface area contributed by atoms with Crippen LogP contribution in [-0.2, 0) is 11.2 Å². The molecule has 0 aliphatic carbocycles. The molecule has 0 aliphatic heterocycles. The fourth-order valence-corrected chi connectivity index (χ4v) is 3.13. The van der Waals surface area contributed by atoms with E-state index in [4.69, 9.17) is 0 Å². The Hall–Kier alpha value is -2.39. The molecule has 25 heavy (non-hydrogen) atoms. The summed E-state index contributed by atoms with van der Waals surface area (Å²) < 4.78 is 1.01. The maximum atomic E-state index is 12.2. The summed E-state index contributed by atoms with van der Waals surface area (Å²) in [5, 5.41) is 2.96. The highest BCUT2D eigenvalue weighted by molar-refractivity contribution is 9.10. The van der Waals surface area contributed by atoms with Gasteiger partial charge in [-0.2, -0.15) is 0 Å². The fourth-order valence-electron chi connectivity index (χ4n) is 2.86. The first-order valence-electron chi connectivity index (χ1n) is 8.23. The van der Waals surface area contributed by atoms with Crippen molar-refractivity contribution in [2.24, 2.45) is 0 Å². The third-order valence-electron chi connectivity index (χ3n) is 4.14. The van der Waals surface area contributed by atoms with E-state index in [0.29, 0.717) is 6.42 Å². The number of anilines is 1. The zero-order chi connectivity index (χ0) is 17.8. The summed E-state index contributed by atoms with van der Waals surface area (Å²) in [7, 11) is 0. The van der Waals surface area contributed by atoms with Crippen molar-refractivity contribution < 1.29 is 4.79 Å². The maximum absolute atomic E-state index is 12.2. The van der Waals surface area contributed by atoms with Crippen molar-refractivity contribution in [1.82, 2.24) is 0 Å². The number of hydrogen-bond acceptors (Lipinski definition) is 1. The highest BCUT2D eigenvalue weighted by atomic mass is 79.9. The normalized spacial score (nSPS) is 10.5. The van der Waals surface area contributed by atoms with E-state index in [1.807, 2.05) is 48.5 Å². The smallest absolute Gasteiger partial charge is 0.228 e. The van der Waals surface area contributed by atoms with Crippen LogP contribution in [0.25, 0.3) is 11.1 Å². The Morgan fingerprint density at radius 1 is 0.920 bits per heavy atom. The van der Waals surface area contributed by atoms with Gasteiger partial charge in [0, 0.05) is 10.2 Å². The van der Waals surface area contributed by atoms with E-state index in [2.05, 4.69) is 53.3 Å². The van der Waals surface area contributed by atoms with Crippen LogP contribution in [-0.4, -0.2) is 5.91 Å². The van der Waals surface area contributed by atoms with Gasteiger partial charge in [0.25, 0.3) is 0 Å². The number of carbonyl (C=O) groups excluding carboxylic acids is 1. The average molecular weight is 394 g/mol. The Morgan fingerprint density at radius 2 is 1.60 bits per heavy atom. The molecular formula is C22H20BrNO. The van der Waals surface area contributed by atoms with Crippen LogP contribution in [0.3, 0.4) is 0 Å². The van der Waals surface area contributed by atoms with Crippen molar-refractivity contribution >= 4 is 27.5 Å². The first-order valence-corrected chi connectivity index (χ1v) is 9.02. The van der Waals surface area contributed by atoms with Crippen molar-refractivity contribution in [1.29, 1.82) is 0 Å². The van der Waals surface area contributed by atoms with Gasteiger partial charge in [-0.05, 0) is 60.4 Å². The Bertz CT molecular complexity index is 883. The number of carbonyl (C=O) groups is 1. The monoisotopic (exact) mass is 393 g/mol. The van der Waals surface area contributed by atoms with Crippen molar-refractivity contribution in [3.05, 3.63) is 87.9 Å².